The summed E-state index contributed by atoms with van der Waals surface area (Å²) in [6.45, 7) is -0.421. The molecule has 0 saturated heterocycles. The predicted octanol–water partition coefficient (Wildman–Crippen LogP) is 3.19. The molecule has 1 amide bonds. The van der Waals surface area contributed by atoms with E-state index in [0.29, 0.717) is 20.3 Å². The van der Waals surface area contributed by atoms with Gasteiger partial charge in [0.1, 0.15) is 29.1 Å². The molecule has 0 radical (unpaired) electrons. The molecule has 0 unspecified atom stereocenters. The maximum Gasteiger partial charge on any atom is 0.278 e. The van der Waals surface area contributed by atoms with Crippen LogP contribution < -0.4 is 0 Å². The number of methoxy groups -OCH3 is 2. The van der Waals surface area contributed by atoms with Crippen LogP contribution in [0.4, 0.5) is 4.39 Å². The Morgan fingerprint density at radius 1 is 0.943 bits per heavy atom. The minimum Gasteiger partial charge on any atom is -0.368 e. The lowest BCUT2D eigenvalue weighted by molar-refractivity contribution is 0.0405. The molecule has 0 saturated carbocycles. The van der Waals surface area contributed by atoms with Crippen LogP contribution in [0.3, 0.4) is 0 Å². The molecule has 3 aromatic rings. The Morgan fingerprint density at radius 2 is 1.49 bits per heavy atom. The minimum absolute atomic E-state index is 0.0220. The summed E-state index contributed by atoms with van der Waals surface area (Å²) in [6, 6.07) is 11.1. The van der Waals surface area contributed by atoms with E-state index < -0.39 is 31.8 Å². The number of carbonyl (C=O) groups is 1. The van der Waals surface area contributed by atoms with E-state index >= 15 is 0 Å². The fraction of sp³-hybridized carbons (Fsp3) is 0.227. The van der Waals surface area contributed by atoms with Crippen molar-refractivity contribution in [2.45, 2.75) is 9.79 Å². The van der Waals surface area contributed by atoms with Crippen molar-refractivity contribution in [3.8, 4) is 21.6 Å². The van der Waals surface area contributed by atoms with E-state index in [1.54, 1.807) is 0 Å². The summed E-state index contributed by atoms with van der Waals surface area (Å²) in [5, 5.41) is 0. The molecule has 9 nitrogen and oxygen atoms in total. The zero-order chi connectivity index (χ0) is 25.5. The molecule has 0 N–H and O–H groups in total. The van der Waals surface area contributed by atoms with Crippen molar-refractivity contribution in [1.82, 2.24) is 8.61 Å². The molecule has 0 bridgehead atoms. The van der Waals surface area contributed by atoms with Gasteiger partial charge in [0, 0.05) is 31.7 Å². The SMILES string of the molecule is COCN(COC)S(=O)(=O)c1ccc(-c2sc3c(c2-c2ccc(F)cc2)S(=O)(=O)N(C)C3=O)cc1. The molecule has 4 rings (SSSR count). The molecule has 13 heteroatoms. The van der Waals surface area contributed by atoms with Crippen LogP contribution in [-0.4, -0.2) is 66.1 Å². The number of hydrogen-bond acceptors (Lipinski definition) is 8. The van der Waals surface area contributed by atoms with Gasteiger partial charge in [0.15, 0.2) is 0 Å². The average molecular weight is 541 g/mol. The first kappa shape index (κ1) is 25.4. The van der Waals surface area contributed by atoms with E-state index in [-0.39, 0.29) is 33.7 Å². The summed E-state index contributed by atoms with van der Waals surface area (Å²) in [5.41, 5.74) is 1.17. The highest BCUT2D eigenvalue weighted by molar-refractivity contribution is 7.90. The second-order valence-corrected chi connectivity index (χ2v) is 12.4. The first-order chi connectivity index (χ1) is 16.5. The van der Waals surface area contributed by atoms with E-state index in [4.69, 9.17) is 9.47 Å². The fourth-order valence-electron chi connectivity index (χ4n) is 3.67. The molecule has 1 aliphatic heterocycles. The van der Waals surface area contributed by atoms with E-state index in [2.05, 4.69) is 0 Å². The second kappa shape index (κ2) is 9.41. The van der Waals surface area contributed by atoms with Gasteiger partial charge in [-0.1, -0.05) is 24.3 Å². The maximum atomic E-state index is 13.6. The molecule has 35 heavy (non-hydrogen) atoms. The zero-order valence-corrected chi connectivity index (χ0v) is 21.3. The molecule has 1 aromatic heterocycles. The van der Waals surface area contributed by atoms with Gasteiger partial charge in [-0.15, -0.1) is 15.6 Å². The third kappa shape index (κ3) is 4.28. The Hall–Kier alpha value is -2.68. The van der Waals surface area contributed by atoms with Crippen LogP contribution in [0.2, 0.25) is 0 Å². The second-order valence-electron chi connectivity index (χ2n) is 7.57. The lowest BCUT2D eigenvalue weighted by Gasteiger charge is -2.20. The van der Waals surface area contributed by atoms with Crippen molar-refractivity contribution in [3.63, 3.8) is 0 Å². The van der Waals surface area contributed by atoms with Gasteiger partial charge in [-0.3, -0.25) is 4.79 Å². The summed E-state index contributed by atoms with van der Waals surface area (Å²) < 4.78 is 77.1. The number of amides is 1. The van der Waals surface area contributed by atoms with Gasteiger partial charge in [-0.05, 0) is 35.4 Å². The van der Waals surface area contributed by atoms with Gasteiger partial charge in [0.25, 0.3) is 15.9 Å². The van der Waals surface area contributed by atoms with Gasteiger partial charge >= 0.3 is 0 Å². The van der Waals surface area contributed by atoms with Gasteiger partial charge in [-0.25, -0.2) is 25.5 Å². The van der Waals surface area contributed by atoms with Crippen molar-refractivity contribution in [2.75, 3.05) is 34.7 Å². The molecular weight excluding hydrogens is 519 g/mol. The molecule has 1 aliphatic rings. The molecule has 2 heterocycles. The Kier molecular flexibility index (Phi) is 6.83. The van der Waals surface area contributed by atoms with Crippen molar-refractivity contribution in [2.24, 2.45) is 0 Å². The van der Waals surface area contributed by atoms with Crippen molar-refractivity contribution < 1.29 is 35.5 Å². The molecule has 186 valence electrons. The highest BCUT2D eigenvalue weighted by atomic mass is 32.2. The third-order valence-corrected chi connectivity index (χ3v) is 10.3. The highest BCUT2D eigenvalue weighted by Gasteiger charge is 2.44. The van der Waals surface area contributed by atoms with Crippen LogP contribution in [-0.2, 0) is 29.5 Å². The van der Waals surface area contributed by atoms with E-state index in [9.17, 15) is 26.0 Å². The van der Waals surface area contributed by atoms with Gasteiger partial charge in [0.2, 0.25) is 10.0 Å². The van der Waals surface area contributed by atoms with Gasteiger partial charge in [0.05, 0.1) is 4.90 Å². The van der Waals surface area contributed by atoms with Crippen molar-refractivity contribution >= 4 is 37.3 Å². The summed E-state index contributed by atoms with van der Waals surface area (Å²) in [5.74, 6) is -1.15. The maximum absolute atomic E-state index is 13.6. The number of ether oxygens (including phenoxy) is 2. The smallest absolute Gasteiger partial charge is 0.278 e. The quantitative estimate of drug-likeness (QED) is 0.404. The number of hydrogen-bond donors (Lipinski definition) is 0. The van der Waals surface area contributed by atoms with Gasteiger partial charge < -0.3 is 9.47 Å². The number of fused-ring (bicyclic) bond motifs is 1. The Bertz CT molecular complexity index is 1480. The summed E-state index contributed by atoms with van der Waals surface area (Å²) in [7, 11) is -4.12. The van der Waals surface area contributed by atoms with Crippen LogP contribution in [0.25, 0.3) is 21.6 Å². The van der Waals surface area contributed by atoms with E-state index in [1.165, 1.54) is 69.8 Å². The first-order valence-electron chi connectivity index (χ1n) is 10.1. The third-order valence-electron chi connectivity index (χ3n) is 5.40. The molecule has 0 spiro atoms. The lowest BCUT2D eigenvalue weighted by atomic mass is 10.0. The van der Waals surface area contributed by atoms with Crippen LogP contribution >= 0.6 is 11.3 Å². The monoisotopic (exact) mass is 540 g/mol. The van der Waals surface area contributed by atoms with Gasteiger partial charge in [-0.2, -0.15) is 0 Å². The fourth-order valence-corrected chi connectivity index (χ4v) is 8.08. The Morgan fingerprint density at radius 3 is 2.03 bits per heavy atom. The normalized spacial score (nSPS) is 15.1. The molecule has 0 fully saturated rings. The summed E-state index contributed by atoms with van der Waals surface area (Å²) in [6.07, 6.45) is 0. The minimum atomic E-state index is -4.09. The van der Waals surface area contributed by atoms with Crippen LogP contribution in [0.5, 0.6) is 0 Å². The van der Waals surface area contributed by atoms with Crippen LogP contribution in [0.1, 0.15) is 9.67 Å². The number of rotatable bonds is 8. The summed E-state index contributed by atoms with van der Waals surface area (Å²) >= 11 is 0.987. The van der Waals surface area contributed by atoms with Crippen LogP contribution in [0.15, 0.2) is 58.3 Å². The van der Waals surface area contributed by atoms with Crippen molar-refractivity contribution in [3.05, 3.63) is 59.2 Å². The average Bonchev–Trinajstić information content (AvgIpc) is 3.31. The molecule has 0 aliphatic carbocycles. The lowest BCUT2D eigenvalue weighted by Crippen LogP contribution is -2.34. The highest BCUT2D eigenvalue weighted by Crippen LogP contribution is 2.49. The Balaban J connectivity index is 1.86. The number of halogens is 1. The van der Waals surface area contributed by atoms with E-state index in [0.717, 1.165) is 15.6 Å². The van der Waals surface area contributed by atoms with E-state index in [1.807, 2.05) is 0 Å². The molecule has 0 atom stereocenters. The largest absolute Gasteiger partial charge is 0.368 e. The zero-order valence-electron chi connectivity index (χ0n) is 18.9. The van der Waals surface area contributed by atoms with Crippen molar-refractivity contribution in [1.29, 1.82) is 0 Å². The standard InChI is InChI=1S/C22H21FN2O7S3/c1-24-22(26)20-21(35(24,29)30)18(14-4-8-16(23)9-5-14)19(33-20)15-6-10-17(11-7-15)34(27,28)25(12-31-2)13-32-3/h4-11H,12-13H2,1-3H3. The first-order valence-corrected chi connectivity index (χ1v) is 13.8. The number of sulfonamides is 2. The Labute approximate surface area is 206 Å². The number of thiophene rings is 1. The number of carbonyl (C=O) groups excluding carboxylic acids is 1. The number of benzene rings is 2. The molecule has 2 aromatic carbocycles. The topological polar surface area (TPSA) is 110 Å². The molecular formula is C22H21FN2O7S3. The predicted molar refractivity (Wildman–Crippen MR) is 127 cm³/mol. The summed E-state index contributed by atoms with van der Waals surface area (Å²) in [4.78, 5) is 13.0. The number of nitrogens with zero attached hydrogens (tertiary/aromatic N) is 2. The van der Waals surface area contributed by atoms with Crippen LogP contribution in [0, 0.1) is 5.82 Å².